The van der Waals surface area contributed by atoms with Crippen LogP contribution in [0, 0.1) is 17.8 Å². The van der Waals surface area contributed by atoms with Crippen LogP contribution in [0.25, 0.3) is 0 Å². The number of hydrogen-bond acceptors (Lipinski definition) is 4. The van der Waals surface area contributed by atoms with E-state index in [1.165, 1.54) is 51.4 Å². The van der Waals surface area contributed by atoms with Crippen LogP contribution in [-0.2, 0) is 19.1 Å². The van der Waals surface area contributed by atoms with Gasteiger partial charge in [0.05, 0.1) is 18.4 Å². The Morgan fingerprint density at radius 3 is 1.76 bits per heavy atom. The van der Waals surface area contributed by atoms with Crippen molar-refractivity contribution in [3.8, 4) is 0 Å². The third-order valence-electron chi connectivity index (χ3n) is 6.35. The summed E-state index contributed by atoms with van der Waals surface area (Å²) in [7, 11) is 0. The molecule has 1 fully saturated rings. The monoisotopic (exact) mass is 410 g/mol. The summed E-state index contributed by atoms with van der Waals surface area (Å²) in [5.41, 5.74) is 0. The van der Waals surface area contributed by atoms with Gasteiger partial charge in [-0.05, 0) is 32.1 Å². The molecule has 1 rings (SSSR count). The van der Waals surface area contributed by atoms with Gasteiger partial charge in [-0.2, -0.15) is 0 Å². The molecule has 1 aliphatic rings. The molecule has 29 heavy (non-hydrogen) atoms. The van der Waals surface area contributed by atoms with E-state index < -0.39 is 0 Å². The molecule has 0 N–H and O–H groups in total. The summed E-state index contributed by atoms with van der Waals surface area (Å²) in [5.74, 6) is -0.778. The van der Waals surface area contributed by atoms with Crippen LogP contribution >= 0.6 is 0 Å². The molecule has 0 aromatic carbocycles. The molecule has 4 heteroatoms. The van der Waals surface area contributed by atoms with Gasteiger partial charge in [-0.1, -0.05) is 91.4 Å². The number of unbranched alkanes of at least 4 members (excludes halogenated alkanes) is 9. The molecule has 170 valence electrons. The molecular formula is C25H46O4. The third kappa shape index (κ3) is 11.1. The Balaban J connectivity index is 2.20. The minimum atomic E-state index is -0.329. The molecule has 0 aliphatic heterocycles. The average molecular weight is 411 g/mol. The lowest BCUT2D eigenvalue weighted by molar-refractivity contribution is -0.167. The molecular weight excluding hydrogens is 364 g/mol. The Hall–Kier alpha value is -1.06. The largest absolute Gasteiger partial charge is 0.465 e. The number of esters is 2. The maximum absolute atomic E-state index is 12.6. The van der Waals surface area contributed by atoms with Gasteiger partial charge in [-0.3, -0.25) is 9.59 Å². The predicted molar refractivity (Wildman–Crippen MR) is 119 cm³/mol. The zero-order chi connectivity index (χ0) is 21.5. The third-order valence-corrected chi connectivity index (χ3v) is 6.35. The van der Waals surface area contributed by atoms with Crippen molar-refractivity contribution in [3.05, 3.63) is 0 Å². The summed E-state index contributed by atoms with van der Waals surface area (Å²) in [4.78, 5) is 25.1. The second-order valence-electron chi connectivity index (χ2n) is 9.23. The molecule has 0 radical (unpaired) electrons. The van der Waals surface area contributed by atoms with Crippen molar-refractivity contribution in [1.29, 1.82) is 0 Å². The van der Waals surface area contributed by atoms with Crippen molar-refractivity contribution in [2.75, 3.05) is 6.61 Å². The van der Waals surface area contributed by atoms with E-state index in [9.17, 15) is 9.59 Å². The van der Waals surface area contributed by atoms with Crippen molar-refractivity contribution < 1.29 is 19.1 Å². The van der Waals surface area contributed by atoms with Gasteiger partial charge in [0, 0.05) is 0 Å². The van der Waals surface area contributed by atoms with E-state index in [2.05, 4.69) is 6.92 Å². The van der Waals surface area contributed by atoms with Gasteiger partial charge in [-0.25, -0.2) is 0 Å². The number of carbonyl (C=O) groups excluding carboxylic acids is 2. The maximum atomic E-state index is 12.6. The van der Waals surface area contributed by atoms with Crippen LogP contribution in [-0.4, -0.2) is 24.6 Å². The van der Waals surface area contributed by atoms with Crippen molar-refractivity contribution in [3.63, 3.8) is 0 Å². The Labute approximate surface area is 179 Å². The Bertz CT molecular complexity index is 446. The van der Waals surface area contributed by atoms with Crippen molar-refractivity contribution in [2.24, 2.45) is 17.8 Å². The van der Waals surface area contributed by atoms with Crippen LogP contribution in [0.5, 0.6) is 0 Å². The van der Waals surface area contributed by atoms with Gasteiger partial charge in [0.15, 0.2) is 0 Å². The molecule has 1 saturated carbocycles. The van der Waals surface area contributed by atoms with E-state index in [1.807, 2.05) is 20.8 Å². The van der Waals surface area contributed by atoms with Crippen molar-refractivity contribution in [2.45, 2.75) is 124 Å². The molecule has 3 unspecified atom stereocenters. The second kappa shape index (κ2) is 15.7. The van der Waals surface area contributed by atoms with Gasteiger partial charge >= 0.3 is 11.9 Å². The van der Waals surface area contributed by atoms with E-state index in [-0.39, 0.29) is 35.8 Å². The number of ether oxygens (including phenoxy) is 2. The summed E-state index contributed by atoms with van der Waals surface area (Å²) in [6.07, 6.45) is 16.0. The molecule has 0 aromatic heterocycles. The van der Waals surface area contributed by atoms with Crippen LogP contribution in [0.1, 0.15) is 118 Å². The lowest BCUT2D eigenvalue weighted by Gasteiger charge is -2.30. The van der Waals surface area contributed by atoms with Crippen LogP contribution in [0.2, 0.25) is 0 Å². The first kappa shape index (κ1) is 26.0. The molecule has 0 saturated heterocycles. The standard InChI is InChI=1S/C25H46O4/c1-5-6-7-8-9-10-11-12-13-16-19-28-24(26)22-17-14-15-18-23(22)25(27)29-21(4)20(2)3/h20-23H,5-19H2,1-4H3. The van der Waals surface area contributed by atoms with E-state index >= 15 is 0 Å². The van der Waals surface area contributed by atoms with Gasteiger partial charge in [0.2, 0.25) is 0 Å². The fourth-order valence-corrected chi connectivity index (χ4v) is 3.97. The van der Waals surface area contributed by atoms with E-state index in [4.69, 9.17) is 9.47 Å². The van der Waals surface area contributed by atoms with Crippen molar-refractivity contribution in [1.82, 2.24) is 0 Å². The maximum Gasteiger partial charge on any atom is 0.310 e. The normalized spacial score (nSPS) is 20.4. The van der Waals surface area contributed by atoms with Crippen LogP contribution in [0.4, 0.5) is 0 Å². The minimum absolute atomic E-state index is 0.118. The first-order valence-corrected chi connectivity index (χ1v) is 12.3. The molecule has 1 aliphatic carbocycles. The number of hydrogen-bond donors (Lipinski definition) is 0. The first-order chi connectivity index (χ1) is 14.0. The molecule has 0 spiro atoms. The second-order valence-corrected chi connectivity index (χ2v) is 9.23. The highest BCUT2D eigenvalue weighted by Gasteiger charge is 2.38. The van der Waals surface area contributed by atoms with E-state index in [1.54, 1.807) is 0 Å². The lowest BCUT2D eigenvalue weighted by atomic mass is 9.79. The van der Waals surface area contributed by atoms with Crippen LogP contribution in [0.15, 0.2) is 0 Å². The molecule has 0 aromatic rings. The molecule has 0 heterocycles. The van der Waals surface area contributed by atoms with Crippen LogP contribution < -0.4 is 0 Å². The summed E-state index contributed by atoms with van der Waals surface area (Å²) < 4.78 is 11.1. The number of carbonyl (C=O) groups is 2. The SMILES string of the molecule is CCCCCCCCCCCCOC(=O)C1CCCCC1C(=O)OC(C)C(C)C. The molecule has 0 amide bonds. The number of rotatable bonds is 15. The fraction of sp³-hybridized carbons (Fsp3) is 0.920. The molecule has 4 nitrogen and oxygen atoms in total. The highest BCUT2D eigenvalue weighted by atomic mass is 16.5. The van der Waals surface area contributed by atoms with Gasteiger partial charge in [0.1, 0.15) is 6.10 Å². The fourth-order valence-electron chi connectivity index (χ4n) is 3.97. The Morgan fingerprint density at radius 1 is 0.759 bits per heavy atom. The van der Waals surface area contributed by atoms with Gasteiger partial charge in [0.25, 0.3) is 0 Å². The summed E-state index contributed by atoms with van der Waals surface area (Å²) in [6, 6.07) is 0. The highest BCUT2D eigenvalue weighted by Crippen LogP contribution is 2.32. The summed E-state index contributed by atoms with van der Waals surface area (Å²) in [5, 5.41) is 0. The minimum Gasteiger partial charge on any atom is -0.465 e. The van der Waals surface area contributed by atoms with E-state index in [0.717, 1.165) is 38.5 Å². The topological polar surface area (TPSA) is 52.6 Å². The average Bonchev–Trinajstić information content (AvgIpc) is 2.71. The Kier molecular flexibility index (Phi) is 14.1. The zero-order valence-electron chi connectivity index (χ0n) is 19.5. The quantitative estimate of drug-likeness (QED) is 0.219. The lowest BCUT2D eigenvalue weighted by Crippen LogP contribution is -2.37. The van der Waals surface area contributed by atoms with Crippen LogP contribution in [0.3, 0.4) is 0 Å². The first-order valence-electron chi connectivity index (χ1n) is 12.3. The molecule has 3 atom stereocenters. The highest BCUT2D eigenvalue weighted by molar-refractivity contribution is 5.82. The van der Waals surface area contributed by atoms with Gasteiger partial charge < -0.3 is 9.47 Å². The summed E-state index contributed by atoms with van der Waals surface area (Å²) >= 11 is 0. The Morgan fingerprint density at radius 2 is 1.24 bits per heavy atom. The van der Waals surface area contributed by atoms with Gasteiger partial charge in [-0.15, -0.1) is 0 Å². The summed E-state index contributed by atoms with van der Waals surface area (Å²) in [6.45, 7) is 8.73. The smallest absolute Gasteiger partial charge is 0.310 e. The molecule has 0 bridgehead atoms. The zero-order valence-corrected chi connectivity index (χ0v) is 19.5. The predicted octanol–water partition coefficient (Wildman–Crippen LogP) is 6.84. The van der Waals surface area contributed by atoms with E-state index in [0.29, 0.717) is 6.61 Å². The van der Waals surface area contributed by atoms with Crippen molar-refractivity contribution >= 4 is 11.9 Å².